The van der Waals surface area contributed by atoms with Crippen LogP contribution in [0.25, 0.3) is 0 Å². The van der Waals surface area contributed by atoms with Crippen LogP contribution in [0.15, 0.2) is 18.2 Å². The van der Waals surface area contributed by atoms with Crippen LogP contribution >= 0.6 is 22.6 Å². The van der Waals surface area contributed by atoms with E-state index >= 15 is 0 Å². The number of benzene rings is 1. The van der Waals surface area contributed by atoms with Crippen LogP contribution in [0, 0.1) is 22.3 Å². The maximum Gasteiger partial charge on any atom is 0.0382 e. The summed E-state index contributed by atoms with van der Waals surface area (Å²) in [6, 6.07) is 7.18. The van der Waals surface area contributed by atoms with E-state index in [1.807, 2.05) is 0 Å². The van der Waals surface area contributed by atoms with E-state index in [-0.39, 0.29) is 0 Å². The quantitative estimate of drug-likeness (QED) is 0.758. The van der Waals surface area contributed by atoms with E-state index in [4.69, 9.17) is 0 Å². The normalized spacial score (nSPS) is 29.1. The lowest BCUT2D eigenvalue weighted by Gasteiger charge is -2.34. The molecule has 2 heteroatoms. The van der Waals surface area contributed by atoms with Crippen molar-refractivity contribution in [2.24, 2.45) is 11.8 Å². The lowest BCUT2D eigenvalue weighted by molar-refractivity contribution is 0.280. The summed E-state index contributed by atoms with van der Waals surface area (Å²) in [5.74, 6) is 1.66. The molecule has 1 aromatic carbocycles. The van der Waals surface area contributed by atoms with E-state index in [1.165, 1.54) is 34.1 Å². The Hall–Kier alpha value is -0.250. The molecule has 17 heavy (non-hydrogen) atoms. The van der Waals surface area contributed by atoms with Gasteiger partial charge in [-0.1, -0.05) is 26.3 Å². The molecule has 0 bridgehead atoms. The van der Waals surface area contributed by atoms with Crippen molar-refractivity contribution in [3.63, 3.8) is 0 Å². The molecule has 0 radical (unpaired) electrons. The molecule has 3 atom stereocenters. The molecular formula is C15H22IN. The first-order chi connectivity index (χ1) is 8.08. The zero-order chi connectivity index (χ0) is 12.4. The Balaban J connectivity index is 2.11. The topological polar surface area (TPSA) is 12.0 Å². The third kappa shape index (κ3) is 3.15. The maximum absolute atomic E-state index is 3.77. The second-order valence-corrected chi connectivity index (χ2v) is 6.72. The molecule has 0 spiro atoms. The lowest BCUT2D eigenvalue weighted by Crippen LogP contribution is -2.33. The molecule has 0 amide bonds. The smallest absolute Gasteiger partial charge is 0.0382 e. The Labute approximate surface area is 119 Å². The summed E-state index contributed by atoms with van der Waals surface area (Å²) in [6.45, 7) is 6.97. The molecule has 1 saturated carbocycles. The van der Waals surface area contributed by atoms with Crippen LogP contribution in [0.2, 0.25) is 0 Å². The fourth-order valence-electron chi connectivity index (χ4n) is 2.70. The summed E-state index contributed by atoms with van der Waals surface area (Å²) >= 11 is 2.41. The van der Waals surface area contributed by atoms with Crippen molar-refractivity contribution < 1.29 is 0 Å². The van der Waals surface area contributed by atoms with Crippen molar-refractivity contribution in [1.82, 2.24) is 0 Å². The molecule has 0 saturated heterocycles. The highest BCUT2D eigenvalue weighted by molar-refractivity contribution is 14.1. The average Bonchev–Trinajstić information content (AvgIpc) is 2.30. The maximum atomic E-state index is 3.77. The molecule has 1 nitrogen and oxygen atoms in total. The van der Waals surface area contributed by atoms with Crippen LogP contribution in [0.3, 0.4) is 0 Å². The van der Waals surface area contributed by atoms with Gasteiger partial charge in [0.25, 0.3) is 0 Å². The standard InChI is InChI=1S/C15H22IN/c1-10-7-8-11(2)15(9-10)17-14-6-4-5-13(16)12(14)3/h4-6,10-11,15,17H,7-9H2,1-3H3. The first-order valence-electron chi connectivity index (χ1n) is 6.59. The van der Waals surface area contributed by atoms with Gasteiger partial charge in [0.15, 0.2) is 0 Å². The van der Waals surface area contributed by atoms with E-state index in [2.05, 4.69) is 66.9 Å². The summed E-state index contributed by atoms with van der Waals surface area (Å²) in [7, 11) is 0. The monoisotopic (exact) mass is 343 g/mol. The minimum absolute atomic E-state index is 0.649. The van der Waals surface area contributed by atoms with Gasteiger partial charge in [0.1, 0.15) is 0 Å². The number of anilines is 1. The van der Waals surface area contributed by atoms with Gasteiger partial charge >= 0.3 is 0 Å². The molecule has 0 aromatic heterocycles. The average molecular weight is 343 g/mol. The van der Waals surface area contributed by atoms with E-state index in [0.717, 1.165) is 11.8 Å². The zero-order valence-electron chi connectivity index (χ0n) is 11.0. The number of hydrogen-bond donors (Lipinski definition) is 1. The molecule has 2 rings (SSSR count). The van der Waals surface area contributed by atoms with Gasteiger partial charge in [0.2, 0.25) is 0 Å². The van der Waals surface area contributed by atoms with Crippen molar-refractivity contribution in [3.05, 3.63) is 27.3 Å². The van der Waals surface area contributed by atoms with Crippen LogP contribution < -0.4 is 5.32 Å². The van der Waals surface area contributed by atoms with Gasteiger partial charge in [-0.25, -0.2) is 0 Å². The summed E-state index contributed by atoms with van der Waals surface area (Å²) in [5.41, 5.74) is 2.71. The Kier molecular flexibility index (Phi) is 4.34. The van der Waals surface area contributed by atoms with Crippen LogP contribution in [-0.4, -0.2) is 6.04 Å². The Morgan fingerprint density at radius 1 is 1.24 bits per heavy atom. The van der Waals surface area contributed by atoms with Gasteiger partial charge in [0.05, 0.1) is 0 Å². The van der Waals surface area contributed by atoms with E-state index in [1.54, 1.807) is 0 Å². The molecule has 1 aliphatic rings. The van der Waals surface area contributed by atoms with Crippen molar-refractivity contribution in [1.29, 1.82) is 0 Å². The van der Waals surface area contributed by atoms with Crippen LogP contribution in [0.5, 0.6) is 0 Å². The summed E-state index contributed by atoms with van der Waals surface area (Å²) in [6.07, 6.45) is 4.07. The van der Waals surface area contributed by atoms with Gasteiger partial charge in [-0.3, -0.25) is 0 Å². The Bertz CT molecular complexity index is 389. The van der Waals surface area contributed by atoms with Gasteiger partial charge in [-0.15, -0.1) is 0 Å². The van der Waals surface area contributed by atoms with Crippen molar-refractivity contribution >= 4 is 28.3 Å². The minimum atomic E-state index is 0.649. The second kappa shape index (κ2) is 5.59. The summed E-state index contributed by atoms with van der Waals surface area (Å²) in [5, 5.41) is 3.77. The first kappa shape index (κ1) is 13.2. The third-order valence-electron chi connectivity index (χ3n) is 4.07. The SMILES string of the molecule is Cc1c(I)cccc1NC1CC(C)CCC1C. The van der Waals surface area contributed by atoms with E-state index in [0.29, 0.717) is 6.04 Å². The molecule has 1 N–H and O–H groups in total. The van der Waals surface area contributed by atoms with Gasteiger partial charge in [0, 0.05) is 15.3 Å². The lowest BCUT2D eigenvalue weighted by atomic mass is 9.80. The van der Waals surface area contributed by atoms with Gasteiger partial charge < -0.3 is 5.32 Å². The second-order valence-electron chi connectivity index (χ2n) is 5.56. The number of rotatable bonds is 2. The van der Waals surface area contributed by atoms with E-state index in [9.17, 15) is 0 Å². The largest absolute Gasteiger partial charge is 0.382 e. The summed E-state index contributed by atoms with van der Waals surface area (Å²) < 4.78 is 1.35. The zero-order valence-corrected chi connectivity index (χ0v) is 13.1. The third-order valence-corrected chi connectivity index (χ3v) is 5.24. The first-order valence-corrected chi connectivity index (χ1v) is 7.67. The fourth-order valence-corrected chi connectivity index (χ4v) is 3.20. The molecular weight excluding hydrogens is 321 g/mol. The fraction of sp³-hybridized carbons (Fsp3) is 0.600. The highest BCUT2D eigenvalue weighted by Crippen LogP contribution is 2.32. The predicted octanol–water partition coefficient (Wildman–Crippen LogP) is 4.84. The molecule has 1 aromatic rings. The van der Waals surface area contributed by atoms with Crippen molar-refractivity contribution in [3.8, 4) is 0 Å². The molecule has 0 heterocycles. The minimum Gasteiger partial charge on any atom is -0.382 e. The molecule has 0 aliphatic heterocycles. The van der Waals surface area contributed by atoms with Crippen LogP contribution in [-0.2, 0) is 0 Å². The van der Waals surface area contributed by atoms with Crippen LogP contribution in [0.4, 0.5) is 5.69 Å². The summed E-state index contributed by atoms with van der Waals surface area (Å²) in [4.78, 5) is 0. The predicted molar refractivity (Wildman–Crippen MR) is 83.5 cm³/mol. The van der Waals surface area contributed by atoms with Gasteiger partial charge in [-0.2, -0.15) is 0 Å². The Morgan fingerprint density at radius 3 is 2.76 bits per heavy atom. The van der Waals surface area contributed by atoms with Crippen molar-refractivity contribution in [2.45, 2.75) is 46.1 Å². The van der Waals surface area contributed by atoms with Crippen molar-refractivity contribution in [2.75, 3.05) is 5.32 Å². The molecule has 94 valence electrons. The molecule has 3 unspecified atom stereocenters. The van der Waals surface area contributed by atoms with E-state index < -0.39 is 0 Å². The highest BCUT2D eigenvalue weighted by Gasteiger charge is 2.25. The highest BCUT2D eigenvalue weighted by atomic mass is 127. The number of nitrogens with one attached hydrogen (secondary N) is 1. The molecule has 1 aliphatic carbocycles. The number of hydrogen-bond acceptors (Lipinski definition) is 1. The Morgan fingerprint density at radius 2 is 2.00 bits per heavy atom. The number of halogens is 1. The molecule has 1 fully saturated rings. The van der Waals surface area contributed by atoms with Crippen LogP contribution in [0.1, 0.15) is 38.7 Å². The van der Waals surface area contributed by atoms with Gasteiger partial charge in [-0.05, 0) is 71.9 Å².